The van der Waals surface area contributed by atoms with Crippen LogP contribution in [0.2, 0.25) is 0 Å². The molecule has 0 aliphatic carbocycles. The fraction of sp³-hybridized carbons (Fsp3) is 0.727. The van der Waals surface area contributed by atoms with Crippen molar-refractivity contribution in [1.29, 1.82) is 0 Å². The lowest BCUT2D eigenvalue weighted by Crippen LogP contribution is -2.10. The summed E-state index contributed by atoms with van der Waals surface area (Å²) in [5.74, 6) is 0. The summed E-state index contributed by atoms with van der Waals surface area (Å²) in [6.45, 7) is 3.80. The van der Waals surface area contributed by atoms with E-state index >= 15 is 0 Å². The number of nitrogens with one attached hydrogen (secondary N) is 1. The van der Waals surface area contributed by atoms with Gasteiger partial charge in [-0.05, 0) is 7.05 Å². The monoisotopic (exact) mass is 227 g/mol. The van der Waals surface area contributed by atoms with Crippen molar-refractivity contribution in [3.63, 3.8) is 0 Å². The highest BCUT2D eigenvalue weighted by molar-refractivity contribution is 4.97. The molecular weight excluding hydrogens is 206 g/mol. The topological polar surface area (TPSA) is 48.3 Å². The third kappa shape index (κ3) is 5.25. The highest BCUT2D eigenvalue weighted by Gasteiger charge is 1.98. The SMILES string of the molecule is CNCCc1cn(CCOCCOC)cn1. The number of hydrogen-bond donors (Lipinski definition) is 1. The molecule has 0 radical (unpaired) electrons. The molecule has 1 rings (SSSR count). The van der Waals surface area contributed by atoms with Crippen LogP contribution in [-0.2, 0) is 22.4 Å². The number of imidazole rings is 1. The Bertz CT molecular complexity index is 276. The number of hydrogen-bond acceptors (Lipinski definition) is 4. The molecule has 1 aromatic rings. The van der Waals surface area contributed by atoms with Gasteiger partial charge in [0.2, 0.25) is 0 Å². The second kappa shape index (κ2) is 8.27. The highest BCUT2D eigenvalue weighted by Crippen LogP contribution is 1.96. The number of ether oxygens (including phenoxy) is 2. The Morgan fingerprint density at radius 2 is 2.25 bits per heavy atom. The van der Waals surface area contributed by atoms with Crippen molar-refractivity contribution in [2.45, 2.75) is 13.0 Å². The van der Waals surface area contributed by atoms with Gasteiger partial charge in [0.15, 0.2) is 0 Å². The van der Waals surface area contributed by atoms with Crippen molar-refractivity contribution in [2.24, 2.45) is 0 Å². The lowest BCUT2D eigenvalue weighted by Gasteiger charge is -2.03. The van der Waals surface area contributed by atoms with Gasteiger partial charge in [0.25, 0.3) is 0 Å². The average molecular weight is 227 g/mol. The zero-order valence-corrected chi connectivity index (χ0v) is 10.1. The van der Waals surface area contributed by atoms with Crippen molar-refractivity contribution in [1.82, 2.24) is 14.9 Å². The molecule has 0 saturated heterocycles. The van der Waals surface area contributed by atoms with E-state index in [1.165, 1.54) is 0 Å². The lowest BCUT2D eigenvalue weighted by atomic mass is 10.3. The van der Waals surface area contributed by atoms with Crippen LogP contribution in [0.4, 0.5) is 0 Å². The Hall–Kier alpha value is -0.910. The normalized spacial score (nSPS) is 10.9. The first-order valence-corrected chi connectivity index (χ1v) is 5.58. The summed E-state index contributed by atoms with van der Waals surface area (Å²) in [5, 5.41) is 3.10. The maximum absolute atomic E-state index is 5.38. The number of rotatable bonds is 9. The lowest BCUT2D eigenvalue weighted by molar-refractivity contribution is 0.0666. The fourth-order valence-electron chi connectivity index (χ4n) is 1.33. The van der Waals surface area contributed by atoms with E-state index in [0.29, 0.717) is 19.8 Å². The minimum Gasteiger partial charge on any atom is -0.382 e. The third-order valence-corrected chi connectivity index (χ3v) is 2.24. The predicted molar refractivity (Wildman–Crippen MR) is 62.6 cm³/mol. The molecular formula is C11H21N3O2. The first-order chi connectivity index (χ1) is 7.86. The minimum absolute atomic E-state index is 0.650. The molecule has 92 valence electrons. The molecule has 0 aliphatic rings. The molecule has 1 heterocycles. The van der Waals surface area contributed by atoms with Crippen LogP contribution in [0.5, 0.6) is 0 Å². The third-order valence-electron chi connectivity index (χ3n) is 2.24. The molecule has 0 fully saturated rings. The molecule has 0 unspecified atom stereocenters. The molecule has 0 amide bonds. The first-order valence-electron chi connectivity index (χ1n) is 5.58. The summed E-state index contributed by atoms with van der Waals surface area (Å²) in [6.07, 6.45) is 4.88. The van der Waals surface area contributed by atoms with Gasteiger partial charge in [-0.1, -0.05) is 0 Å². The number of aromatic nitrogens is 2. The van der Waals surface area contributed by atoms with Crippen molar-refractivity contribution >= 4 is 0 Å². The van der Waals surface area contributed by atoms with E-state index in [2.05, 4.69) is 21.1 Å². The van der Waals surface area contributed by atoms with Crippen molar-refractivity contribution < 1.29 is 9.47 Å². The van der Waals surface area contributed by atoms with Gasteiger partial charge in [-0.2, -0.15) is 0 Å². The Kier molecular flexibility index (Phi) is 6.80. The van der Waals surface area contributed by atoms with Crippen LogP contribution in [0, 0.1) is 0 Å². The van der Waals surface area contributed by atoms with E-state index in [9.17, 15) is 0 Å². The van der Waals surface area contributed by atoms with Crippen LogP contribution in [0.3, 0.4) is 0 Å². The molecule has 0 aliphatic heterocycles. The Balaban J connectivity index is 2.14. The second-order valence-corrected chi connectivity index (χ2v) is 3.56. The summed E-state index contributed by atoms with van der Waals surface area (Å²) in [6, 6.07) is 0. The zero-order chi connectivity index (χ0) is 11.6. The summed E-state index contributed by atoms with van der Waals surface area (Å²) < 4.78 is 12.3. The molecule has 0 aromatic carbocycles. The quantitative estimate of drug-likeness (QED) is 0.617. The van der Waals surface area contributed by atoms with E-state index < -0.39 is 0 Å². The van der Waals surface area contributed by atoms with E-state index in [4.69, 9.17) is 9.47 Å². The standard InChI is InChI=1S/C11H21N3O2/c1-12-4-3-11-9-14(10-13-11)5-6-16-8-7-15-2/h9-10,12H,3-8H2,1-2H3. The fourth-order valence-corrected chi connectivity index (χ4v) is 1.33. The molecule has 0 saturated carbocycles. The van der Waals surface area contributed by atoms with Gasteiger partial charge in [0.05, 0.1) is 31.8 Å². The van der Waals surface area contributed by atoms with Crippen LogP contribution in [0.15, 0.2) is 12.5 Å². The molecule has 1 aromatic heterocycles. The molecule has 5 nitrogen and oxygen atoms in total. The van der Waals surface area contributed by atoms with E-state index in [1.54, 1.807) is 7.11 Å². The molecule has 0 bridgehead atoms. The highest BCUT2D eigenvalue weighted by atomic mass is 16.5. The van der Waals surface area contributed by atoms with E-state index in [0.717, 1.165) is 25.2 Å². The van der Waals surface area contributed by atoms with Crippen molar-refractivity contribution in [2.75, 3.05) is 40.5 Å². The number of likely N-dealkylation sites (N-methyl/N-ethyl adjacent to an activating group) is 1. The van der Waals surface area contributed by atoms with Gasteiger partial charge in [0.1, 0.15) is 0 Å². The maximum Gasteiger partial charge on any atom is 0.0950 e. The van der Waals surface area contributed by atoms with Crippen molar-refractivity contribution in [3.05, 3.63) is 18.2 Å². The van der Waals surface area contributed by atoms with Gasteiger partial charge in [-0.3, -0.25) is 0 Å². The molecule has 0 spiro atoms. The van der Waals surface area contributed by atoms with Crippen molar-refractivity contribution in [3.8, 4) is 0 Å². The zero-order valence-electron chi connectivity index (χ0n) is 10.1. The Labute approximate surface area is 96.8 Å². The van der Waals surface area contributed by atoms with Crippen LogP contribution >= 0.6 is 0 Å². The van der Waals surface area contributed by atoms with Crippen LogP contribution in [-0.4, -0.2) is 50.1 Å². The first kappa shape index (κ1) is 13.2. The van der Waals surface area contributed by atoms with Crippen LogP contribution in [0.1, 0.15) is 5.69 Å². The summed E-state index contributed by atoms with van der Waals surface area (Å²) in [4.78, 5) is 4.31. The molecule has 0 atom stereocenters. The summed E-state index contributed by atoms with van der Waals surface area (Å²) in [5.41, 5.74) is 1.12. The van der Waals surface area contributed by atoms with Gasteiger partial charge in [-0.25, -0.2) is 4.98 Å². The average Bonchev–Trinajstić information content (AvgIpc) is 2.74. The van der Waals surface area contributed by atoms with Gasteiger partial charge < -0.3 is 19.4 Å². The van der Waals surface area contributed by atoms with Gasteiger partial charge in [0, 0.05) is 32.8 Å². The Morgan fingerprint density at radius 3 is 3.00 bits per heavy atom. The summed E-state index contributed by atoms with van der Waals surface area (Å²) >= 11 is 0. The molecule has 5 heteroatoms. The van der Waals surface area contributed by atoms with E-state index in [-0.39, 0.29) is 0 Å². The smallest absolute Gasteiger partial charge is 0.0950 e. The minimum atomic E-state index is 0.650. The second-order valence-electron chi connectivity index (χ2n) is 3.56. The number of nitrogens with zero attached hydrogens (tertiary/aromatic N) is 2. The molecule has 1 N–H and O–H groups in total. The van der Waals surface area contributed by atoms with Crippen LogP contribution < -0.4 is 5.32 Å². The molecule has 16 heavy (non-hydrogen) atoms. The Morgan fingerprint density at radius 1 is 1.38 bits per heavy atom. The van der Waals surface area contributed by atoms with Gasteiger partial charge >= 0.3 is 0 Å². The maximum atomic E-state index is 5.38. The predicted octanol–water partition coefficient (Wildman–Crippen LogP) is 0.308. The van der Waals surface area contributed by atoms with E-state index in [1.807, 2.05) is 13.4 Å². The van der Waals surface area contributed by atoms with Crippen LogP contribution in [0.25, 0.3) is 0 Å². The largest absolute Gasteiger partial charge is 0.382 e. The summed E-state index contributed by atoms with van der Waals surface area (Å²) in [7, 11) is 3.62. The number of methoxy groups -OCH3 is 1. The van der Waals surface area contributed by atoms with Gasteiger partial charge in [-0.15, -0.1) is 0 Å².